The molecule has 9 unspecified atom stereocenters. The molecule has 8 aliphatic rings. The smallest absolute Gasteiger partial charge is 0.331 e. The lowest BCUT2D eigenvalue weighted by atomic mass is 9.70. The number of esters is 6. The van der Waals surface area contributed by atoms with E-state index in [0.717, 1.165) is 105 Å². The van der Waals surface area contributed by atoms with E-state index in [9.17, 15) is 44.1 Å². The summed E-state index contributed by atoms with van der Waals surface area (Å²) in [5.74, 6) is -1.23. The van der Waals surface area contributed by atoms with Crippen LogP contribution in [0.25, 0.3) is 0 Å². The van der Waals surface area contributed by atoms with E-state index in [1.807, 2.05) is 13.0 Å². The Hall–Kier alpha value is -4.72. The maximum absolute atomic E-state index is 14.5. The third-order valence-electron chi connectivity index (χ3n) is 24.4. The Kier molecular flexibility index (Phi) is 33.0. The molecule has 7 fully saturated rings. The summed E-state index contributed by atoms with van der Waals surface area (Å²) in [6.07, 6.45) is 34.6. The van der Waals surface area contributed by atoms with Gasteiger partial charge in [-0.2, -0.15) is 0 Å². The van der Waals surface area contributed by atoms with Crippen LogP contribution in [-0.2, 0) is 71.4 Å². The molecule has 18 heteroatoms. The summed E-state index contributed by atoms with van der Waals surface area (Å²) < 4.78 is 55.4. The van der Waals surface area contributed by atoms with E-state index < -0.39 is 120 Å². The van der Waals surface area contributed by atoms with Crippen LogP contribution in [0, 0.1) is 58.2 Å². The Labute approximate surface area is 617 Å². The number of carbonyl (C=O) groups excluding carboxylic acids is 6. The molecule has 3 saturated heterocycles. The van der Waals surface area contributed by atoms with Crippen LogP contribution in [0.15, 0.2) is 59.8 Å². The molecule has 0 amide bonds. The van der Waals surface area contributed by atoms with Gasteiger partial charge in [-0.3, -0.25) is 14.4 Å². The molecular formula is C85H134O18. The second-order valence-electron chi connectivity index (χ2n) is 33.7. The third-order valence-corrected chi connectivity index (χ3v) is 24.4. The molecule has 3 N–H and O–H groups in total. The van der Waals surface area contributed by atoms with E-state index >= 15 is 0 Å². The lowest BCUT2D eigenvalue weighted by molar-refractivity contribution is -0.348. The molecule has 582 valence electrons. The quantitative estimate of drug-likeness (QED) is 0.0130. The Morgan fingerprint density at radius 2 is 1.14 bits per heavy atom. The second-order valence-corrected chi connectivity index (χ2v) is 33.7. The van der Waals surface area contributed by atoms with Crippen LogP contribution in [-0.4, -0.2) is 132 Å². The molecule has 0 spiro atoms. The van der Waals surface area contributed by atoms with Gasteiger partial charge in [0.15, 0.2) is 11.9 Å². The number of hydrogen-bond donors (Lipinski definition) is 3. The molecule has 0 aromatic rings. The van der Waals surface area contributed by atoms with Gasteiger partial charge in [-0.25, -0.2) is 14.4 Å². The highest BCUT2D eigenvalue weighted by molar-refractivity contribution is 5.85. The van der Waals surface area contributed by atoms with Crippen molar-refractivity contribution in [1.29, 1.82) is 0 Å². The largest absolute Gasteiger partial charge is 0.466 e. The van der Waals surface area contributed by atoms with E-state index in [2.05, 4.69) is 13.8 Å². The molecule has 6 bridgehead atoms. The lowest BCUT2D eigenvalue weighted by Gasteiger charge is -2.54. The van der Waals surface area contributed by atoms with Crippen LogP contribution in [0.5, 0.6) is 0 Å². The molecule has 4 aliphatic heterocycles. The number of cyclic esters (lactones) is 1. The van der Waals surface area contributed by atoms with Gasteiger partial charge >= 0.3 is 35.8 Å². The van der Waals surface area contributed by atoms with Crippen molar-refractivity contribution in [1.82, 2.24) is 0 Å². The summed E-state index contributed by atoms with van der Waals surface area (Å²) in [5, 5.41) is 38.7. The van der Waals surface area contributed by atoms with Crippen LogP contribution in [0.2, 0.25) is 0 Å². The Bertz CT molecular complexity index is 2870. The van der Waals surface area contributed by atoms with Gasteiger partial charge in [0.25, 0.3) is 0 Å². The van der Waals surface area contributed by atoms with Crippen LogP contribution in [0.1, 0.15) is 299 Å². The van der Waals surface area contributed by atoms with Crippen molar-refractivity contribution in [3.8, 4) is 0 Å². The molecule has 0 radical (unpaired) electrons. The van der Waals surface area contributed by atoms with Gasteiger partial charge in [-0.05, 0) is 137 Å². The topological polar surface area (TPSA) is 246 Å². The number of rotatable bonds is 38. The third kappa shape index (κ3) is 26.3. The van der Waals surface area contributed by atoms with E-state index in [1.54, 1.807) is 52.8 Å². The molecule has 0 aromatic heterocycles. The minimum absolute atomic E-state index is 0.0809. The number of ether oxygens (including phenoxy) is 9. The van der Waals surface area contributed by atoms with Crippen LogP contribution in [0.3, 0.4) is 0 Å². The van der Waals surface area contributed by atoms with Crippen molar-refractivity contribution < 1.29 is 86.7 Å². The van der Waals surface area contributed by atoms with Gasteiger partial charge in [0.1, 0.15) is 18.3 Å². The molecule has 4 saturated carbocycles. The molecule has 18 nitrogen and oxygen atoms in total. The van der Waals surface area contributed by atoms with Crippen molar-refractivity contribution in [3.05, 3.63) is 59.8 Å². The average molecular weight is 1440 g/mol. The minimum Gasteiger partial charge on any atom is -0.466 e. The first-order chi connectivity index (χ1) is 49.3. The highest BCUT2D eigenvalue weighted by atomic mass is 16.7. The Morgan fingerprint density at radius 1 is 0.583 bits per heavy atom. The van der Waals surface area contributed by atoms with Gasteiger partial charge in [0.2, 0.25) is 5.79 Å². The number of allylic oxidation sites excluding steroid dienone is 3. The monoisotopic (exact) mass is 1440 g/mol. The number of aliphatic hydroxyl groups excluding tert-OH is 1. The maximum atomic E-state index is 14.5. The van der Waals surface area contributed by atoms with E-state index in [4.69, 9.17) is 42.6 Å². The van der Waals surface area contributed by atoms with Crippen LogP contribution >= 0.6 is 0 Å². The molecular weight excluding hydrogens is 1310 g/mol. The van der Waals surface area contributed by atoms with Crippen molar-refractivity contribution in [2.24, 2.45) is 58.2 Å². The van der Waals surface area contributed by atoms with E-state index in [1.165, 1.54) is 148 Å². The average Bonchev–Trinajstić information content (AvgIpc) is 1.71. The van der Waals surface area contributed by atoms with Gasteiger partial charge in [0, 0.05) is 62.2 Å². The summed E-state index contributed by atoms with van der Waals surface area (Å²) in [6.45, 7) is 15.0. The molecule has 19 atom stereocenters. The summed E-state index contributed by atoms with van der Waals surface area (Å²) in [4.78, 5) is 82.6. The Morgan fingerprint density at radius 3 is 1.71 bits per heavy atom. The normalized spacial score (nSPS) is 34.6. The molecule has 4 aliphatic carbocycles. The number of methoxy groups -OCH3 is 2. The highest BCUT2D eigenvalue weighted by Crippen LogP contribution is 2.57. The lowest BCUT2D eigenvalue weighted by Crippen LogP contribution is -2.62. The predicted octanol–water partition coefficient (Wildman–Crippen LogP) is 16.8. The first-order valence-electron chi connectivity index (χ1n) is 40.8. The summed E-state index contributed by atoms with van der Waals surface area (Å²) in [5.41, 5.74) is -2.12. The number of unbranched alkanes of at least 4 members (excludes halogenated alkanes) is 13. The van der Waals surface area contributed by atoms with Gasteiger partial charge in [-0.15, -0.1) is 0 Å². The molecule has 8 rings (SSSR count). The van der Waals surface area contributed by atoms with Crippen LogP contribution < -0.4 is 0 Å². The van der Waals surface area contributed by atoms with Crippen LogP contribution in [0.4, 0.5) is 0 Å². The standard InChI is InChI=1S/C85H134O18/c1-11-14-17-20-29-38-77(89)101-81-67(51-79(91)96-10)50-70-54-73(57(4)97-75(87)36-30-23-18-21-27-34-61-46-65(61)48-63-44-59(63)32-25-15-12-2)99-80(92)53-68(86)52-71-55-74(100-76(88)37-31-24-19-22-28-35-62-47-66(62)49-64-45-60(64)33-26-16-13-3)83(7,8)84(93,102-71)56-72-42-58(43-78(90)95-9)41-69(98-72)39-40-82(5,6)85(81,94)103-70/h17,20,29,38-40,43,51,57,59-66,68-74,81,86,93-94H,11-16,18-19,21-28,30-37,41-42,44-50,52-56H2,1-10H3/b20-17+,38-29+,40-39+,58-43+,67-51-/t57-,59?,60?,61?,62?,63?,64?,65?,66?,68-,69+,70+,71?,72+,73-,74+,81+,84+,85-/m1/s1. The highest BCUT2D eigenvalue weighted by Gasteiger charge is 2.60. The zero-order valence-electron chi connectivity index (χ0n) is 64.8. The Balaban J connectivity index is 0.981. The van der Waals surface area contributed by atoms with Crippen molar-refractivity contribution in [2.75, 3.05) is 14.2 Å². The minimum atomic E-state index is -2.52. The first kappa shape index (κ1) is 83.9. The zero-order chi connectivity index (χ0) is 74.3. The fourth-order valence-corrected chi connectivity index (χ4v) is 17.2. The van der Waals surface area contributed by atoms with Gasteiger partial charge in [0.05, 0.1) is 56.6 Å². The zero-order valence-corrected chi connectivity index (χ0v) is 64.8. The molecule has 0 aromatic carbocycles. The molecule has 103 heavy (non-hydrogen) atoms. The second kappa shape index (κ2) is 40.5. The van der Waals surface area contributed by atoms with Gasteiger partial charge < -0.3 is 58.0 Å². The number of hydrogen-bond acceptors (Lipinski definition) is 18. The van der Waals surface area contributed by atoms with E-state index in [0.29, 0.717) is 18.4 Å². The van der Waals surface area contributed by atoms with E-state index in [-0.39, 0.29) is 63.4 Å². The van der Waals surface area contributed by atoms with Gasteiger partial charge in [-0.1, -0.05) is 206 Å². The SMILES string of the molecule is CCC/C=C/C=C/C(=O)O[C@H]1/C(=C\C(=O)OC)C[C@H]2C[C@H]([C@@H](C)OC(=O)CCCCCCCC3CC3CC3CC3CCCCC)OC(=O)C[C@H](O)CC3C[C@H](OC(=O)CCCCCCCC4CC4CC4CC4CCCCC)C(C)(C)[C@](O)(C[C@@H]4C/C(=C/C(=O)OC)C[C@H](/C=C/C(C)(C)[C@]1(O)O2)O4)O3. The van der Waals surface area contributed by atoms with Crippen molar-refractivity contribution in [3.63, 3.8) is 0 Å². The predicted molar refractivity (Wildman–Crippen MR) is 395 cm³/mol. The maximum Gasteiger partial charge on any atom is 0.331 e. The number of fused-ring (bicyclic) bond motifs is 6. The summed E-state index contributed by atoms with van der Waals surface area (Å²) in [6, 6.07) is 0. The fourth-order valence-electron chi connectivity index (χ4n) is 17.2. The summed E-state index contributed by atoms with van der Waals surface area (Å²) >= 11 is 0. The van der Waals surface area contributed by atoms with Crippen molar-refractivity contribution in [2.45, 2.75) is 366 Å². The van der Waals surface area contributed by atoms with Crippen molar-refractivity contribution >= 4 is 35.8 Å². The number of aliphatic hydroxyl groups is 3. The first-order valence-corrected chi connectivity index (χ1v) is 40.8. The summed E-state index contributed by atoms with van der Waals surface area (Å²) in [7, 11) is 2.47. The number of carbonyl (C=O) groups is 6. The fraction of sp³-hybridized carbons (Fsp3) is 0.812. The molecule has 4 heterocycles.